The molecule has 3 rings (SSSR count). The van der Waals surface area contributed by atoms with Crippen molar-refractivity contribution in [2.75, 3.05) is 5.32 Å². The van der Waals surface area contributed by atoms with Crippen molar-refractivity contribution in [1.82, 2.24) is 10.2 Å². The van der Waals surface area contributed by atoms with Gasteiger partial charge >= 0.3 is 0 Å². The van der Waals surface area contributed by atoms with Gasteiger partial charge in [0, 0.05) is 5.39 Å². The van der Waals surface area contributed by atoms with Gasteiger partial charge in [-0.2, -0.15) is 5.10 Å². The van der Waals surface area contributed by atoms with E-state index in [1.54, 1.807) is 12.3 Å². The number of para-hydroxylation sites is 1. The van der Waals surface area contributed by atoms with Crippen molar-refractivity contribution in [2.45, 2.75) is 31.3 Å². The van der Waals surface area contributed by atoms with Crippen molar-refractivity contribution < 1.29 is 9.90 Å². The molecule has 0 saturated heterocycles. The summed E-state index contributed by atoms with van der Waals surface area (Å²) in [4.78, 5) is 12.1. The van der Waals surface area contributed by atoms with Crippen LogP contribution < -0.4 is 5.32 Å². The van der Waals surface area contributed by atoms with Gasteiger partial charge in [0.05, 0.1) is 17.4 Å². The molecule has 94 valence electrons. The minimum absolute atomic E-state index is 0.318. The molecule has 1 aromatic carbocycles. The molecule has 2 aromatic rings. The highest BCUT2D eigenvalue weighted by Gasteiger charge is 2.38. The fourth-order valence-corrected chi connectivity index (χ4v) is 2.50. The van der Waals surface area contributed by atoms with Crippen LogP contribution in [0, 0.1) is 0 Å². The number of nitrogens with one attached hydrogen (secondary N) is 2. The van der Waals surface area contributed by atoms with E-state index in [2.05, 4.69) is 15.5 Å². The Morgan fingerprint density at radius 1 is 1.39 bits per heavy atom. The predicted octanol–water partition coefficient (Wildman–Crippen LogP) is 1.81. The number of carbonyl (C=O) groups is 1. The van der Waals surface area contributed by atoms with Crippen LogP contribution in [0.15, 0.2) is 24.4 Å². The Morgan fingerprint density at radius 3 is 2.94 bits per heavy atom. The number of hydrogen-bond donors (Lipinski definition) is 3. The van der Waals surface area contributed by atoms with Crippen molar-refractivity contribution >= 4 is 22.5 Å². The molecule has 5 nitrogen and oxygen atoms in total. The predicted molar refractivity (Wildman–Crippen MR) is 68.1 cm³/mol. The lowest BCUT2D eigenvalue weighted by atomic mass is 10.0. The van der Waals surface area contributed by atoms with Crippen molar-refractivity contribution in [3.63, 3.8) is 0 Å². The van der Waals surface area contributed by atoms with Gasteiger partial charge in [0.25, 0.3) is 5.91 Å². The first-order chi connectivity index (χ1) is 8.69. The third kappa shape index (κ3) is 1.76. The molecule has 1 aliphatic carbocycles. The monoisotopic (exact) mass is 245 g/mol. The Hall–Kier alpha value is -1.88. The molecule has 0 aliphatic heterocycles. The number of fused-ring (bicyclic) bond motifs is 1. The number of amides is 1. The van der Waals surface area contributed by atoms with E-state index >= 15 is 0 Å². The fraction of sp³-hybridized carbons (Fsp3) is 0.385. The van der Waals surface area contributed by atoms with Crippen LogP contribution >= 0.6 is 0 Å². The van der Waals surface area contributed by atoms with Gasteiger partial charge in [0.15, 0.2) is 0 Å². The van der Waals surface area contributed by atoms with Crippen LogP contribution in [-0.2, 0) is 4.79 Å². The highest BCUT2D eigenvalue weighted by atomic mass is 16.3. The molecule has 0 bridgehead atoms. The second-order valence-corrected chi connectivity index (χ2v) is 4.83. The molecule has 0 spiro atoms. The van der Waals surface area contributed by atoms with Crippen LogP contribution in [0.2, 0.25) is 0 Å². The minimum Gasteiger partial charge on any atom is -0.380 e. The lowest BCUT2D eigenvalue weighted by molar-refractivity contribution is -0.133. The second-order valence-electron chi connectivity index (χ2n) is 4.83. The van der Waals surface area contributed by atoms with Crippen molar-refractivity contribution in [1.29, 1.82) is 0 Å². The third-order valence-electron chi connectivity index (χ3n) is 3.58. The van der Waals surface area contributed by atoms with E-state index in [4.69, 9.17) is 0 Å². The van der Waals surface area contributed by atoms with Gasteiger partial charge < -0.3 is 10.4 Å². The summed E-state index contributed by atoms with van der Waals surface area (Å²) in [5, 5.41) is 20.7. The Bertz CT molecular complexity index is 585. The lowest BCUT2D eigenvalue weighted by Gasteiger charge is -2.21. The molecule has 0 radical (unpaired) electrons. The molecule has 1 aliphatic rings. The van der Waals surface area contributed by atoms with Crippen molar-refractivity contribution in [3.05, 3.63) is 24.4 Å². The molecule has 1 aromatic heterocycles. The van der Waals surface area contributed by atoms with E-state index in [0.29, 0.717) is 18.5 Å². The molecule has 18 heavy (non-hydrogen) atoms. The van der Waals surface area contributed by atoms with E-state index in [1.165, 1.54) is 0 Å². The quantitative estimate of drug-likeness (QED) is 0.755. The van der Waals surface area contributed by atoms with E-state index in [-0.39, 0.29) is 5.91 Å². The van der Waals surface area contributed by atoms with Gasteiger partial charge in [-0.3, -0.25) is 9.89 Å². The SMILES string of the molecule is O=C(Nc1cccc2cn[nH]c12)C1(O)CCCC1. The van der Waals surface area contributed by atoms with Crippen LogP contribution in [0.25, 0.3) is 10.9 Å². The first-order valence-electron chi connectivity index (χ1n) is 6.15. The molecule has 0 atom stereocenters. The van der Waals surface area contributed by atoms with E-state index in [0.717, 1.165) is 23.7 Å². The number of aliphatic hydroxyl groups is 1. The first-order valence-corrected chi connectivity index (χ1v) is 6.15. The smallest absolute Gasteiger partial charge is 0.256 e. The molecule has 5 heteroatoms. The molecule has 0 unspecified atom stereocenters. The summed E-state index contributed by atoms with van der Waals surface area (Å²) in [5.41, 5.74) is 0.241. The van der Waals surface area contributed by atoms with Gasteiger partial charge in [0.1, 0.15) is 5.60 Å². The van der Waals surface area contributed by atoms with Gasteiger partial charge in [-0.25, -0.2) is 0 Å². The zero-order valence-electron chi connectivity index (χ0n) is 9.94. The Kier molecular flexibility index (Phi) is 2.56. The average Bonchev–Trinajstić information content (AvgIpc) is 2.98. The number of aromatic amines is 1. The normalized spacial score (nSPS) is 18.1. The van der Waals surface area contributed by atoms with Gasteiger partial charge in [-0.15, -0.1) is 0 Å². The first kappa shape index (κ1) is 11.2. The van der Waals surface area contributed by atoms with Crippen LogP contribution in [0.4, 0.5) is 5.69 Å². The maximum atomic E-state index is 12.1. The summed E-state index contributed by atoms with van der Waals surface area (Å²) >= 11 is 0. The lowest BCUT2D eigenvalue weighted by Crippen LogP contribution is -2.40. The molecule has 1 amide bonds. The summed E-state index contributed by atoms with van der Waals surface area (Å²) in [6.45, 7) is 0. The molecule has 1 fully saturated rings. The maximum absolute atomic E-state index is 12.1. The van der Waals surface area contributed by atoms with Crippen LogP contribution in [-0.4, -0.2) is 26.8 Å². The molecular formula is C13H15N3O2. The summed E-state index contributed by atoms with van der Waals surface area (Å²) in [7, 11) is 0. The highest BCUT2D eigenvalue weighted by Crippen LogP contribution is 2.31. The largest absolute Gasteiger partial charge is 0.380 e. The summed E-state index contributed by atoms with van der Waals surface area (Å²) in [5.74, 6) is -0.318. The van der Waals surface area contributed by atoms with Crippen molar-refractivity contribution in [2.24, 2.45) is 0 Å². The fourth-order valence-electron chi connectivity index (χ4n) is 2.50. The maximum Gasteiger partial charge on any atom is 0.256 e. The topological polar surface area (TPSA) is 78.0 Å². The molecule has 3 N–H and O–H groups in total. The third-order valence-corrected chi connectivity index (χ3v) is 3.58. The molecular weight excluding hydrogens is 230 g/mol. The van der Waals surface area contributed by atoms with Gasteiger partial charge in [0.2, 0.25) is 0 Å². The van der Waals surface area contributed by atoms with E-state index < -0.39 is 5.60 Å². The van der Waals surface area contributed by atoms with Crippen LogP contribution in [0.5, 0.6) is 0 Å². The number of rotatable bonds is 2. The van der Waals surface area contributed by atoms with Crippen LogP contribution in [0.3, 0.4) is 0 Å². The zero-order valence-corrected chi connectivity index (χ0v) is 9.94. The Balaban J connectivity index is 1.88. The standard InChI is InChI=1S/C13H15N3O2/c17-12(13(18)6-1-2-7-13)15-10-5-3-4-9-8-14-16-11(9)10/h3-5,8,18H,1-2,6-7H2,(H,14,16)(H,15,17). The number of hydrogen-bond acceptors (Lipinski definition) is 3. The average molecular weight is 245 g/mol. The second kappa shape index (κ2) is 4.10. The number of anilines is 1. The van der Waals surface area contributed by atoms with Gasteiger partial charge in [-0.05, 0) is 31.7 Å². The minimum atomic E-state index is -1.21. The Morgan fingerprint density at radius 2 is 2.17 bits per heavy atom. The number of H-pyrrole nitrogens is 1. The number of aromatic nitrogens is 2. The van der Waals surface area contributed by atoms with Gasteiger partial charge in [-0.1, -0.05) is 12.1 Å². The molecule has 1 saturated carbocycles. The number of nitrogens with zero attached hydrogens (tertiary/aromatic N) is 1. The van der Waals surface area contributed by atoms with Crippen molar-refractivity contribution in [3.8, 4) is 0 Å². The highest BCUT2D eigenvalue weighted by molar-refractivity contribution is 6.03. The zero-order chi connectivity index (χ0) is 12.6. The number of carbonyl (C=O) groups excluding carboxylic acids is 1. The number of benzene rings is 1. The Labute approximate surface area is 104 Å². The molecule has 1 heterocycles. The summed E-state index contributed by atoms with van der Waals surface area (Å²) in [6.07, 6.45) is 4.58. The van der Waals surface area contributed by atoms with E-state index in [1.807, 2.05) is 12.1 Å². The van der Waals surface area contributed by atoms with Crippen LogP contribution in [0.1, 0.15) is 25.7 Å². The summed E-state index contributed by atoms with van der Waals surface area (Å²) < 4.78 is 0. The van der Waals surface area contributed by atoms with E-state index in [9.17, 15) is 9.90 Å². The summed E-state index contributed by atoms with van der Waals surface area (Å²) in [6, 6.07) is 5.57.